The number of nitrogens with one attached hydrogen (secondary N) is 1. The molecule has 10 nitrogen and oxygen atoms in total. The smallest absolute Gasteiger partial charge is 0.338 e. The van der Waals surface area contributed by atoms with E-state index in [-0.39, 0.29) is 17.8 Å². The predicted octanol–water partition coefficient (Wildman–Crippen LogP) is 1.49. The van der Waals surface area contributed by atoms with Crippen LogP contribution in [0.3, 0.4) is 0 Å². The second-order valence-electron chi connectivity index (χ2n) is 10.2. The summed E-state index contributed by atoms with van der Waals surface area (Å²) in [4.78, 5) is 47.3. The molecule has 10 heteroatoms. The number of carbonyl (C=O) groups is 2. The lowest BCUT2D eigenvalue weighted by Crippen LogP contribution is -2.58. The van der Waals surface area contributed by atoms with Gasteiger partial charge in [0.05, 0.1) is 11.2 Å². The molecule has 1 atom stereocenters. The lowest BCUT2D eigenvalue weighted by atomic mass is 10.1. The van der Waals surface area contributed by atoms with Crippen molar-refractivity contribution in [3.63, 3.8) is 0 Å². The molecule has 1 aromatic carbocycles. The van der Waals surface area contributed by atoms with Gasteiger partial charge in [0, 0.05) is 45.5 Å². The van der Waals surface area contributed by atoms with Crippen molar-refractivity contribution in [2.75, 3.05) is 44.6 Å². The maximum absolute atomic E-state index is 12.6. The molecule has 2 aliphatic rings. The quantitative estimate of drug-likeness (QED) is 0.668. The molecule has 2 saturated heterocycles. The number of likely N-dealkylation sites (tertiary alicyclic amines) is 1. The Kier molecular flexibility index (Phi) is 7.23. The van der Waals surface area contributed by atoms with Crippen molar-refractivity contribution in [1.82, 2.24) is 24.3 Å². The zero-order valence-corrected chi connectivity index (χ0v) is 20.7. The SMILES string of the molecule is C[C@H]1CCN(Cc2ccc(-n3ccc(NC(=O)N4CCN(C(=O)C(C)(C)N)CC4)nc3=O)cc2)C1. The van der Waals surface area contributed by atoms with Crippen LogP contribution in [0.5, 0.6) is 0 Å². The summed E-state index contributed by atoms with van der Waals surface area (Å²) in [5.41, 5.74) is 6.42. The van der Waals surface area contributed by atoms with Crippen LogP contribution < -0.4 is 16.7 Å². The third kappa shape index (κ3) is 6.07. The van der Waals surface area contributed by atoms with Gasteiger partial charge in [-0.1, -0.05) is 19.1 Å². The fourth-order valence-electron chi connectivity index (χ4n) is 4.57. The zero-order chi connectivity index (χ0) is 25.2. The molecule has 3 amide bonds. The largest absolute Gasteiger partial charge is 0.354 e. The van der Waals surface area contributed by atoms with Gasteiger partial charge in [0.25, 0.3) is 0 Å². The minimum absolute atomic E-state index is 0.137. The van der Waals surface area contributed by atoms with Gasteiger partial charge in [0.1, 0.15) is 5.82 Å². The van der Waals surface area contributed by atoms with Crippen LogP contribution in [-0.4, -0.2) is 81.0 Å². The third-order valence-electron chi connectivity index (χ3n) is 6.57. The van der Waals surface area contributed by atoms with Gasteiger partial charge in [-0.05, 0) is 56.5 Å². The summed E-state index contributed by atoms with van der Waals surface area (Å²) in [5, 5.41) is 2.69. The van der Waals surface area contributed by atoms with Gasteiger partial charge in [0.15, 0.2) is 0 Å². The first kappa shape index (κ1) is 24.9. The summed E-state index contributed by atoms with van der Waals surface area (Å²) < 4.78 is 1.45. The Morgan fingerprint density at radius 3 is 2.29 bits per heavy atom. The Bertz CT molecular complexity index is 1120. The van der Waals surface area contributed by atoms with E-state index >= 15 is 0 Å². The van der Waals surface area contributed by atoms with E-state index in [0.717, 1.165) is 31.2 Å². The zero-order valence-electron chi connectivity index (χ0n) is 20.7. The topological polar surface area (TPSA) is 117 Å². The summed E-state index contributed by atoms with van der Waals surface area (Å²) in [6.45, 7) is 10.4. The molecule has 0 saturated carbocycles. The molecule has 0 spiro atoms. The number of urea groups is 1. The van der Waals surface area contributed by atoms with E-state index in [1.165, 1.54) is 16.6 Å². The Hall–Kier alpha value is -3.24. The van der Waals surface area contributed by atoms with E-state index in [1.54, 1.807) is 35.9 Å². The fourth-order valence-corrected chi connectivity index (χ4v) is 4.57. The van der Waals surface area contributed by atoms with Crippen LogP contribution in [0.4, 0.5) is 10.6 Å². The fraction of sp³-hybridized carbons (Fsp3) is 0.520. The van der Waals surface area contributed by atoms with Gasteiger partial charge in [-0.3, -0.25) is 19.6 Å². The average Bonchev–Trinajstić information content (AvgIpc) is 3.23. The van der Waals surface area contributed by atoms with E-state index in [4.69, 9.17) is 5.73 Å². The van der Waals surface area contributed by atoms with E-state index in [9.17, 15) is 14.4 Å². The van der Waals surface area contributed by atoms with E-state index < -0.39 is 11.2 Å². The number of nitrogens with two attached hydrogens (primary N) is 1. The monoisotopic (exact) mass is 481 g/mol. The third-order valence-corrected chi connectivity index (χ3v) is 6.57. The molecule has 0 bridgehead atoms. The molecular weight excluding hydrogens is 446 g/mol. The highest BCUT2D eigenvalue weighted by Gasteiger charge is 2.31. The standard InChI is InChI=1S/C25H35N7O3/c1-18-8-10-29(16-18)17-19-4-6-20(7-5-19)32-11-9-21(28-24(32)35)27-23(34)31-14-12-30(13-15-31)22(33)25(2,3)26/h4-7,9,11,18H,8,10,12-17,26H2,1-3H3,(H,27,28,34,35)/t18-/m0/s1. The minimum Gasteiger partial charge on any atom is -0.338 e. The van der Waals surface area contributed by atoms with Crippen LogP contribution in [0.25, 0.3) is 5.69 Å². The minimum atomic E-state index is -0.939. The summed E-state index contributed by atoms with van der Waals surface area (Å²) in [7, 11) is 0. The molecule has 0 unspecified atom stereocenters. The molecule has 35 heavy (non-hydrogen) atoms. The van der Waals surface area contributed by atoms with E-state index in [2.05, 4.69) is 22.1 Å². The highest BCUT2D eigenvalue weighted by atomic mass is 16.2. The molecule has 2 aromatic rings. The van der Waals surface area contributed by atoms with Crippen molar-refractivity contribution >= 4 is 17.8 Å². The van der Waals surface area contributed by atoms with Crippen LogP contribution in [0.1, 0.15) is 32.8 Å². The molecule has 2 aliphatic heterocycles. The molecule has 1 aromatic heterocycles. The molecule has 0 aliphatic carbocycles. The van der Waals surface area contributed by atoms with Crippen molar-refractivity contribution in [3.05, 3.63) is 52.6 Å². The number of amides is 3. The van der Waals surface area contributed by atoms with Gasteiger partial charge in [0.2, 0.25) is 5.91 Å². The van der Waals surface area contributed by atoms with Crippen LogP contribution >= 0.6 is 0 Å². The molecule has 2 fully saturated rings. The van der Waals surface area contributed by atoms with Gasteiger partial charge >= 0.3 is 11.7 Å². The first-order valence-corrected chi connectivity index (χ1v) is 12.2. The van der Waals surface area contributed by atoms with Crippen LogP contribution in [-0.2, 0) is 11.3 Å². The Balaban J connectivity index is 1.33. The highest BCUT2D eigenvalue weighted by Crippen LogP contribution is 2.18. The number of nitrogens with zero attached hydrogens (tertiary/aromatic N) is 5. The van der Waals surface area contributed by atoms with Gasteiger partial charge in [-0.25, -0.2) is 9.59 Å². The molecule has 0 radical (unpaired) electrons. The summed E-state index contributed by atoms with van der Waals surface area (Å²) in [6, 6.07) is 9.16. The number of benzene rings is 1. The van der Waals surface area contributed by atoms with Crippen LogP contribution in [0.15, 0.2) is 41.3 Å². The molecule has 3 heterocycles. The van der Waals surface area contributed by atoms with Gasteiger partial charge < -0.3 is 15.5 Å². The second-order valence-corrected chi connectivity index (χ2v) is 10.2. The van der Waals surface area contributed by atoms with Gasteiger partial charge in [-0.15, -0.1) is 0 Å². The number of piperazine rings is 1. The lowest BCUT2D eigenvalue weighted by molar-refractivity contribution is -0.137. The number of rotatable bonds is 5. The Morgan fingerprint density at radius 2 is 1.71 bits per heavy atom. The van der Waals surface area contributed by atoms with Crippen molar-refractivity contribution in [2.24, 2.45) is 11.7 Å². The number of anilines is 1. The summed E-state index contributed by atoms with van der Waals surface area (Å²) in [6.07, 6.45) is 2.85. The van der Waals surface area contributed by atoms with Crippen molar-refractivity contribution in [2.45, 2.75) is 39.3 Å². The Morgan fingerprint density at radius 1 is 1.06 bits per heavy atom. The van der Waals surface area contributed by atoms with Crippen molar-refractivity contribution in [3.8, 4) is 5.69 Å². The van der Waals surface area contributed by atoms with E-state index in [1.807, 2.05) is 24.3 Å². The average molecular weight is 482 g/mol. The number of hydrogen-bond donors (Lipinski definition) is 2. The van der Waals surface area contributed by atoms with Crippen LogP contribution in [0, 0.1) is 5.92 Å². The molecular formula is C25H35N7O3. The highest BCUT2D eigenvalue weighted by molar-refractivity contribution is 5.89. The summed E-state index contributed by atoms with van der Waals surface area (Å²) >= 11 is 0. The summed E-state index contributed by atoms with van der Waals surface area (Å²) in [5.74, 6) is 0.800. The molecule has 188 valence electrons. The molecule has 3 N–H and O–H groups in total. The predicted molar refractivity (Wildman–Crippen MR) is 134 cm³/mol. The first-order valence-electron chi connectivity index (χ1n) is 12.2. The van der Waals surface area contributed by atoms with Crippen LogP contribution in [0.2, 0.25) is 0 Å². The van der Waals surface area contributed by atoms with Gasteiger partial charge in [-0.2, -0.15) is 4.98 Å². The van der Waals surface area contributed by atoms with Crippen molar-refractivity contribution < 1.29 is 9.59 Å². The van der Waals surface area contributed by atoms with E-state index in [0.29, 0.717) is 26.2 Å². The second kappa shape index (κ2) is 10.2. The first-order chi connectivity index (χ1) is 16.6. The normalized spacial score (nSPS) is 19.1. The number of hydrogen-bond acceptors (Lipinski definition) is 6. The van der Waals surface area contributed by atoms with Crippen molar-refractivity contribution in [1.29, 1.82) is 0 Å². The maximum atomic E-state index is 12.6. The maximum Gasteiger partial charge on any atom is 0.354 e. The lowest BCUT2D eigenvalue weighted by Gasteiger charge is -2.37. The molecule has 4 rings (SSSR count). The Labute approximate surface area is 205 Å². The number of carbonyl (C=O) groups excluding carboxylic acids is 2. The number of aromatic nitrogens is 2.